The van der Waals surface area contributed by atoms with Gasteiger partial charge in [0.25, 0.3) is 5.91 Å². The lowest BCUT2D eigenvalue weighted by Crippen LogP contribution is -2.12. The van der Waals surface area contributed by atoms with Crippen LogP contribution in [0.25, 0.3) is 16.8 Å². The number of nitrogens with one attached hydrogen (secondary N) is 2. The van der Waals surface area contributed by atoms with Crippen molar-refractivity contribution in [3.05, 3.63) is 72.3 Å². The number of hydrogen-bond acceptors (Lipinski definition) is 4. The normalized spacial score (nSPS) is 10.9. The van der Waals surface area contributed by atoms with E-state index in [9.17, 15) is 9.90 Å². The smallest absolute Gasteiger partial charge is 0.277 e. The standard InChI is InChI=1S/C18H15N5O2/c24-11-12-2-1-3-13(8-12)14-4-5-17-20-15(10-23(17)9-14)18(25)21-16-6-7-19-22-16/h1-10,24H,11H2,(H2,19,21,22,25). The zero-order valence-electron chi connectivity index (χ0n) is 13.2. The molecule has 0 aliphatic heterocycles. The lowest BCUT2D eigenvalue weighted by atomic mass is 10.1. The number of carbonyl (C=O) groups is 1. The van der Waals surface area contributed by atoms with Gasteiger partial charge in [0.2, 0.25) is 0 Å². The first kappa shape index (κ1) is 15.1. The fourth-order valence-corrected chi connectivity index (χ4v) is 2.63. The molecule has 0 fully saturated rings. The van der Waals surface area contributed by atoms with Gasteiger partial charge in [0.05, 0.1) is 12.8 Å². The Kier molecular flexibility index (Phi) is 3.75. The molecule has 3 aromatic heterocycles. The van der Waals surface area contributed by atoms with E-state index in [1.54, 1.807) is 18.5 Å². The first-order valence-electron chi connectivity index (χ1n) is 7.72. The molecular formula is C18H15N5O2. The summed E-state index contributed by atoms with van der Waals surface area (Å²) >= 11 is 0. The number of aliphatic hydroxyl groups excluding tert-OH is 1. The maximum Gasteiger partial charge on any atom is 0.277 e. The van der Waals surface area contributed by atoms with Crippen LogP contribution < -0.4 is 5.32 Å². The molecule has 124 valence electrons. The second-order valence-corrected chi connectivity index (χ2v) is 5.59. The second-order valence-electron chi connectivity index (χ2n) is 5.59. The summed E-state index contributed by atoms with van der Waals surface area (Å²) in [6.45, 7) is -0.000913. The number of pyridine rings is 1. The van der Waals surface area contributed by atoms with E-state index >= 15 is 0 Å². The molecular weight excluding hydrogens is 318 g/mol. The molecule has 1 amide bonds. The van der Waals surface area contributed by atoms with E-state index in [1.807, 2.05) is 47.0 Å². The van der Waals surface area contributed by atoms with Crippen LogP contribution in [0.15, 0.2) is 61.1 Å². The number of hydrogen-bond donors (Lipinski definition) is 3. The van der Waals surface area contributed by atoms with Crippen molar-refractivity contribution in [1.82, 2.24) is 19.6 Å². The Balaban J connectivity index is 1.66. The lowest BCUT2D eigenvalue weighted by Gasteiger charge is -2.04. The van der Waals surface area contributed by atoms with E-state index in [2.05, 4.69) is 20.5 Å². The third-order valence-electron chi connectivity index (χ3n) is 3.88. The molecule has 1 aromatic carbocycles. The van der Waals surface area contributed by atoms with Crippen LogP contribution >= 0.6 is 0 Å². The predicted octanol–water partition coefficient (Wildman–Crippen LogP) is 2.47. The van der Waals surface area contributed by atoms with Crippen molar-refractivity contribution >= 4 is 17.4 Å². The summed E-state index contributed by atoms with van der Waals surface area (Å²) in [6.07, 6.45) is 5.15. The number of aromatic nitrogens is 4. The first-order valence-corrected chi connectivity index (χ1v) is 7.72. The van der Waals surface area contributed by atoms with E-state index in [-0.39, 0.29) is 12.5 Å². The van der Waals surface area contributed by atoms with Crippen LogP contribution in [0.3, 0.4) is 0 Å². The molecule has 0 atom stereocenters. The minimum atomic E-state index is -0.309. The third kappa shape index (κ3) is 3.00. The van der Waals surface area contributed by atoms with Gasteiger partial charge in [-0.1, -0.05) is 18.2 Å². The molecule has 0 aliphatic rings. The molecule has 0 radical (unpaired) electrons. The number of rotatable bonds is 4. The Labute approximate surface area is 143 Å². The van der Waals surface area contributed by atoms with Crippen LogP contribution in [0.5, 0.6) is 0 Å². The number of carbonyl (C=O) groups excluding carboxylic acids is 1. The number of H-pyrrole nitrogens is 1. The summed E-state index contributed by atoms with van der Waals surface area (Å²) in [5.41, 5.74) is 3.81. The molecule has 3 N–H and O–H groups in total. The summed E-state index contributed by atoms with van der Waals surface area (Å²) in [7, 11) is 0. The van der Waals surface area contributed by atoms with Gasteiger partial charge in [-0.05, 0) is 34.9 Å². The van der Waals surface area contributed by atoms with Gasteiger partial charge >= 0.3 is 0 Å². The summed E-state index contributed by atoms with van der Waals surface area (Å²) < 4.78 is 1.81. The lowest BCUT2D eigenvalue weighted by molar-refractivity contribution is 0.102. The van der Waals surface area contributed by atoms with Gasteiger partial charge in [-0.2, -0.15) is 5.10 Å². The Bertz CT molecular complexity index is 1040. The third-order valence-corrected chi connectivity index (χ3v) is 3.88. The topological polar surface area (TPSA) is 95.3 Å². The van der Waals surface area contributed by atoms with Gasteiger partial charge in [-0.15, -0.1) is 0 Å². The highest BCUT2D eigenvalue weighted by Gasteiger charge is 2.12. The van der Waals surface area contributed by atoms with Crippen molar-refractivity contribution in [1.29, 1.82) is 0 Å². The van der Waals surface area contributed by atoms with E-state index in [0.29, 0.717) is 17.2 Å². The van der Waals surface area contributed by atoms with Crippen molar-refractivity contribution in [2.24, 2.45) is 0 Å². The maximum absolute atomic E-state index is 12.3. The Morgan fingerprint density at radius 1 is 1.16 bits per heavy atom. The summed E-state index contributed by atoms with van der Waals surface area (Å²) in [5, 5.41) is 18.4. The highest BCUT2D eigenvalue weighted by Crippen LogP contribution is 2.21. The molecule has 4 rings (SSSR count). The van der Waals surface area contributed by atoms with E-state index < -0.39 is 0 Å². The van der Waals surface area contributed by atoms with Crippen LogP contribution in [0, 0.1) is 0 Å². The number of aliphatic hydroxyl groups is 1. The van der Waals surface area contributed by atoms with Gasteiger partial charge in [-0.3, -0.25) is 9.89 Å². The second kappa shape index (κ2) is 6.21. The van der Waals surface area contributed by atoms with Gasteiger partial charge in [0.15, 0.2) is 0 Å². The van der Waals surface area contributed by atoms with E-state index in [1.165, 1.54) is 0 Å². The average molecular weight is 333 g/mol. The molecule has 3 heterocycles. The summed E-state index contributed by atoms with van der Waals surface area (Å²) in [5.74, 6) is 0.209. The molecule has 0 unspecified atom stereocenters. The molecule has 0 saturated heterocycles. The zero-order valence-corrected chi connectivity index (χ0v) is 13.2. The van der Waals surface area contributed by atoms with Crippen molar-refractivity contribution < 1.29 is 9.90 Å². The molecule has 0 aliphatic carbocycles. The van der Waals surface area contributed by atoms with Crippen LogP contribution in [-0.2, 0) is 6.61 Å². The van der Waals surface area contributed by atoms with Gasteiger partial charge in [-0.25, -0.2) is 4.98 Å². The Morgan fingerprint density at radius 2 is 2.08 bits per heavy atom. The maximum atomic E-state index is 12.3. The molecule has 0 spiro atoms. The minimum Gasteiger partial charge on any atom is -0.392 e. The Morgan fingerprint density at radius 3 is 2.88 bits per heavy atom. The fraction of sp³-hybridized carbons (Fsp3) is 0.0556. The molecule has 0 saturated carbocycles. The summed E-state index contributed by atoms with van der Waals surface area (Å²) in [6, 6.07) is 13.1. The van der Waals surface area contributed by atoms with Gasteiger partial charge in [0.1, 0.15) is 17.2 Å². The van der Waals surface area contributed by atoms with Crippen molar-refractivity contribution in [3.63, 3.8) is 0 Å². The zero-order chi connectivity index (χ0) is 17.2. The monoisotopic (exact) mass is 333 g/mol. The minimum absolute atomic E-state index is 0.000913. The van der Waals surface area contributed by atoms with Gasteiger partial charge in [0, 0.05) is 18.5 Å². The number of nitrogens with zero attached hydrogens (tertiary/aromatic N) is 3. The number of aromatic amines is 1. The number of fused-ring (bicyclic) bond motifs is 1. The van der Waals surface area contributed by atoms with Crippen LogP contribution in [0.4, 0.5) is 5.82 Å². The molecule has 7 nitrogen and oxygen atoms in total. The van der Waals surface area contributed by atoms with Crippen molar-refractivity contribution in [2.75, 3.05) is 5.32 Å². The van der Waals surface area contributed by atoms with Crippen LogP contribution in [0.2, 0.25) is 0 Å². The highest BCUT2D eigenvalue weighted by atomic mass is 16.3. The largest absolute Gasteiger partial charge is 0.392 e. The fourth-order valence-electron chi connectivity index (χ4n) is 2.63. The number of anilines is 1. The summed E-state index contributed by atoms with van der Waals surface area (Å²) in [4.78, 5) is 16.6. The predicted molar refractivity (Wildman–Crippen MR) is 93.1 cm³/mol. The SMILES string of the molecule is O=C(Nc1ccn[nH]1)c1cn2cc(-c3cccc(CO)c3)ccc2n1. The van der Waals surface area contributed by atoms with Crippen LogP contribution in [0.1, 0.15) is 16.1 Å². The Hall–Kier alpha value is -3.45. The van der Waals surface area contributed by atoms with Crippen molar-refractivity contribution in [2.45, 2.75) is 6.61 Å². The number of benzene rings is 1. The number of amides is 1. The quantitative estimate of drug-likeness (QED) is 0.534. The van der Waals surface area contributed by atoms with Crippen molar-refractivity contribution in [3.8, 4) is 11.1 Å². The average Bonchev–Trinajstić information content (AvgIpc) is 3.30. The highest BCUT2D eigenvalue weighted by molar-refractivity contribution is 6.02. The van der Waals surface area contributed by atoms with E-state index in [0.717, 1.165) is 16.7 Å². The van der Waals surface area contributed by atoms with Gasteiger partial charge < -0.3 is 14.8 Å². The van der Waals surface area contributed by atoms with Crippen LogP contribution in [-0.4, -0.2) is 30.6 Å². The molecule has 4 aromatic rings. The van der Waals surface area contributed by atoms with E-state index in [4.69, 9.17) is 0 Å². The molecule has 0 bridgehead atoms. The first-order chi connectivity index (χ1) is 12.2. The molecule has 7 heteroatoms. The molecule has 25 heavy (non-hydrogen) atoms. The number of imidazole rings is 1.